The van der Waals surface area contributed by atoms with Crippen LogP contribution in [0.4, 0.5) is 5.95 Å². The average molecular weight is 386 g/mol. The molecule has 0 radical (unpaired) electrons. The number of carbonyl (C=O) groups excluding carboxylic acids is 1. The van der Waals surface area contributed by atoms with Crippen LogP contribution in [0.1, 0.15) is 31.9 Å². The van der Waals surface area contributed by atoms with Crippen molar-refractivity contribution in [3.05, 3.63) is 23.9 Å². The third kappa shape index (κ3) is 4.52. The van der Waals surface area contributed by atoms with Crippen LogP contribution in [0.25, 0.3) is 10.9 Å². The lowest BCUT2D eigenvalue weighted by molar-refractivity contribution is -0.126. The van der Waals surface area contributed by atoms with E-state index in [4.69, 9.17) is 19.4 Å². The predicted octanol–water partition coefficient (Wildman–Crippen LogP) is 2.70. The van der Waals surface area contributed by atoms with Gasteiger partial charge in [0, 0.05) is 31.7 Å². The number of methoxy groups -OCH3 is 2. The van der Waals surface area contributed by atoms with Crippen LogP contribution in [0.15, 0.2) is 18.2 Å². The first-order chi connectivity index (χ1) is 13.5. The Hall–Kier alpha value is -2.41. The molecular weight excluding hydrogens is 356 g/mol. The van der Waals surface area contributed by atoms with Gasteiger partial charge in [-0.25, -0.2) is 9.97 Å². The fourth-order valence-electron chi connectivity index (χ4n) is 3.68. The van der Waals surface area contributed by atoms with Crippen molar-refractivity contribution in [1.29, 1.82) is 0 Å². The summed E-state index contributed by atoms with van der Waals surface area (Å²) in [5.41, 5.74) is 1.79. The van der Waals surface area contributed by atoms with Crippen molar-refractivity contribution in [3.8, 4) is 5.75 Å². The van der Waals surface area contributed by atoms with E-state index in [1.165, 1.54) is 0 Å². The topological polar surface area (TPSA) is 76.6 Å². The van der Waals surface area contributed by atoms with Crippen LogP contribution < -0.4 is 15.0 Å². The first-order valence-corrected chi connectivity index (χ1v) is 9.92. The summed E-state index contributed by atoms with van der Waals surface area (Å²) >= 11 is 0. The standard InChI is InChI=1S/C21H30N4O3/c1-5-16(13-27-3)23-20(26)15-7-6-10-25(12-15)21-22-14(2)18-9-8-17(28-4)11-19(18)24-21/h8-9,11,15-16H,5-7,10,12-13H2,1-4H3,(H,23,26). The largest absolute Gasteiger partial charge is 0.497 e. The maximum atomic E-state index is 12.7. The zero-order valence-corrected chi connectivity index (χ0v) is 17.2. The number of amides is 1. The Morgan fingerprint density at radius 1 is 1.36 bits per heavy atom. The summed E-state index contributed by atoms with van der Waals surface area (Å²) in [6, 6.07) is 5.89. The molecule has 28 heavy (non-hydrogen) atoms. The van der Waals surface area contributed by atoms with Crippen LogP contribution in [0.3, 0.4) is 0 Å². The van der Waals surface area contributed by atoms with Crippen molar-refractivity contribution in [2.45, 2.75) is 39.2 Å². The molecule has 1 aromatic heterocycles. The van der Waals surface area contributed by atoms with E-state index in [0.717, 1.165) is 48.2 Å². The third-order valence-electron chi connectivity index (χ3n) is 5.36. The van der Waals surface area contributed by atoms with Gasteiger partial charge in [-0.05, 0) is 38.3 Å². The Morgan fingerprint density at radius 3 is 2.89 bits per heavy atom. The molecular formula is C21H30N4O3. The van der Waals surface area contributed by atoms with Crippen molar-refractivity contribution in [2.75, 3.05) is 38.8 Å². The van der Waals surface area contributed by atoms with E-state index in [2.05, 4.69) is 17.1 Å². The van der Waals surface area contributed by atoms with Crippen LogP contribution in [0.5, 0.6) is 5.75 Å². The third-order valence-corrected chi connectivity index (χ3v) is 5.36. The van der Waals surface area contributed by atoms with Crippen molar-refractivity contribution in [2.24, 2.45) is 5.92 Å². The van der Waals surface area contributed by atoms with Crippen molar-refractivity contribution in [3.63, 3.8) is 0 Å². The minimum absolute atomic E-state index is 0.0551. The number of aromatic nitrogens is 2. The summed E-state index contributed by atoms with van der Waals surface area (Å²) in [5.74, 6) is 1.48. The Kier molecular flexibility index (Phi) is 6.67. The van der Waals surface area contributed by atoms with Gasteiger partial charge in [0.15, 0.2) is 0 Å². The van der Waals surface area contributed by atoms with Gasteiger partial charge in [-0.2, -0.15) is 0 Å². The molecule has 2 atom stereocenters. The van der Waals surface area contributed by atoms with E-state index in [9.17, 15) is 4.79 Å². The minimum atomic E-state index is -0.0652. The Morgan fingerprint density at radius 2 is 2.18 bits per heavy atom. The molecule has 1 fully saturated rings. The maximum Gasteiger partial charge on any atom is 0.226 e. The average Bonchev–Trinajstić information content (AvgIpc) is 2.72. The summed E-state index contributed by atoms with van der Waals surface area (Å²) in [6.07, 6.45) is 2.68. The molecule has 152 valence electrons. The van der Waals surface area contributed by atoms with Crippen LogP contribution in [0, 0.1) is 12.8 Å². The minimum Gasteiger partial charge on any atom is -0.497 e. The number of rotatable bonds is 7. The highest BCUT2D eigenvalue weighted by molar-refractivity contribution is 5.83. The van der Waals surface area contributed by atoms with Crippen LogP contribution >= 0.6 is 0 Å². The molecule has 3 rings (SSSR count). The molecule has 7 heteroatoms. The van der Waals surface area contributed by atoms with Gasteiger partial charge in [-0.3, -0.25) is 4.79 Å². The van der Waals surface area contributed by atoms with Crippen LogP contribution in [0.2, 0.25) is 0 Å². The van der Waals surface area contributed by atoms with E-state index in [1.807, 2.05) is 25.1 Å². The second-order valence-corrected chi connectivity index (χ2v) is 7.35. The highest BCUT2D eigenvalue weighted by Crippen LogP contribution is 2.26. The summed E-state index contributed by atoms with van der Waals surface area (Å²) in [4.78, 5) is 24.3. The molecule has 1 amide bonds. The highest BCUT2D eigenvalue weighted by atomic mass is 16.5. The Labute approximate surface area is 166 Å². The number of ether oxygens (including phenoxy) is 2. The number of nitrogens with zero attached hydrogens (tertiary/aromatic N) is 3. The molecule has 2 unspecified atom stereocenters. The number of anilines is 1. The van der Waals surface area contributed by atoms with E-state index in [0.29, 0.717) is 19.1 Å². The SMILES string of the molecule is CCC(COC)NC(=O)C1CCCN(c2nc(C)c3ccc(OC)cc3n2)C1. The Balaban J connectivity index is 1.77. The van der Waals surface area contributed by atoms with Gasteiger partial charge in [-0.1, -0.05) is 6.92 Å². The lowest BCUT2D eigenvalue weighted by atomic mass is 9.97. The molecule has 1 aliphatic heterocycles. The monoisotopic (exact) mass is 386 g/mol. The normalized spacial score (nSPS) is 18.1. The van der Waals surface area contributed by atoms with E-state index >= 15 is 0 Å². The fraction of sp³-hybridized carbons (Fsp3) is 0.571. The van der Waals surface area contributed by atoms with E-state index in [-0.39, 0.29) is 17.9 Å². The summed E-state index contributed by atoms with van der Waals surface area (Å²) in [7, 11) is 3.31. The number of aryl methyl sites for hydroxylation is 1. The van der Waals surface area contributed by atoms with Crippen molar-refractivity contribution < 1.29 is 14.3 Å². The molecule has 1 aromatic carbocycles. The van der Waals surface area contributed by atoms with Gasteiger partial charge < -0.3 is 19.7 Å². The van der Waals surface area contributed by atoms with Crippen molar-refractivity contribution >= 4 is 22.8 Å². The molecule has 0 bridgehead atoms. The number of benzene rings is 1. The first kappa shape index (κ1) is 20.3. The second-order valence-electron chi connectivity index (χ2n) is 7.35. The zero-order valence-electron chi connectivity index (χ0n) is 17.2. The quantitative estimate of drug-likeness (QED) is 0.788. The lowest BCUT2D eigenvalue weighted by Crippen LogP contribution is -2.47. The van der Waals surface area contributed by atoms with Gasteiger partial charge in [0.1, 0.15) is 5.75 Å². The second kappa shape index (κ2) is 9.19. The predicted molar refractivity (Wildman–Crippen MR) is 110 cm³/mol. The first-order valence-electron chi connectivity index (χ1n) is 9.92. The zero-order chi connectivity index (χ0) is 20.1. The number of hydrogen-bond acceptors (Lipinski definition) is 6. The van der Waals surface area contributed by atoms with Gasteiger partial charge in [0.25, 0.3) is 0 Å². The fourth-order valence-corrected chi connectivity index (χ4v) is 3.68. The molecule has 1 saturated heterocycles. The summed E-state index contributed by atoms with van der Waals surface area (Å²) in [5, 5.41) is 4.13. The molecule has 1 N–H and O–H groups in total. The number of piperidine rings is 1. The highest BCUT2D eigenvalue weighted by Gasteiger charge is 2.28. The smallest absolute Gasteiger partial charge is 0.226 e. The molecule has 2 heterocycles. The molecule has 7 nitrogen and oxygen atoms in total. The molecule has 2 aromatic rings. The molecule has 1 aliphatic rings. The molecule has 0 spiro atoms. The maximum absolute atomic E-state index is 12.7. The number of carbonyl (C=O) groups is 1. The van der Waals surface area contributed by atoms with Gasteiger partial charge >= 0.3 is 0 Å². The summed E-state index contributed by atoms with van der Waals surface area (Å²) in [6.45, 7) is 6.06. The van der Waals surface area contributed by atoms with Crippen molar-refractivity contribution in [1.82, 2.24) is 15.3 Å². The number of nitrogens with one attached hydrogen (secondary N) is 1. The van der Waals surface area contributed by atoms with Crippen LogP contribution in [-0.2, 0) is 9.53 Å². The Bertz CT molecular complexity index is 827. The molecule has 0 saturated carbocycles. The summed E-state index contributed by atoms with van der Waals surface area (Å²) < 4.78 is 10.5. The van der Waals surface area contributed by atoms with Crippen LogP contribution in [-0.4, -0.2) is 55.8 Å². The number of hydrogen-bond donors (Lipinski definition) is 1. The number of fused-ring (bicyclic) bond motifs is 1. The molecule has 0 aliphatic carbocycles. The van der Waals surface area contributed by atoms with Gasteiger partial charge in [0.2, 0.25) is 11.9 Å². The van der Waals surface area contributed by atoms with E-state index in [1.54, 1.807) is 14.2 Å². The van der Waals surface area contributed by atoms with Gasteiger partial charge in [0.05, 0.1) is 36.9 Å². The lowest BCUT2D eigenvalue weighted by Gasteiger charge is -2.33. The van der Waals surface area contributed by atoms with Gasteiger partial charge in [-0.15, -0.1) is 0 Å². The van der Waals surface area contributed by atoms with E-state index < -0.39 is 0 Å².